The molecule has 0 aliphatic carbocycles. The number of alkyl carbamates (subject to hydrolysis) is 2. The summed E-state index contributed by atoms with van der Waals surface area (Å²) in [7, 11) is 2.89. The van der Waals surface area contributed by atoms with Crippen molar-refractivity contribution in [2.45, 2.75) is 188 Å². The summed E-state index contributed by atoms with van der Waals surface area (Å²) in [4.78, 5) is 73.2. The fraction of sp³-hybridized carbons (Fsp3) is 0.458. The van der Waals surface area contributed by atoms with E-state index in [1.165, 1.54) is 56.7 Å². The number of hydrogen-bond donors (Lipinski definition) is 5. The maximum Gasteiger partial charge on any atom is 0.508 e. The first-order valence-corrected chi connectivity index (χ1v) is 31.8. The third kappa shape index (κ3) is 23.6. The minimum atomic E-state index is -1.62. The van der Waals surface area contributed by atoms with E-state index in [4.69, 9.17) is 66.1 Å². The number of halogens is 4. The number of carbonyl (C=O) groups excluding carboxylic acids is 5. The SMILES string of the molecule is COc1cc(C(=O)CCC(C)(O)c2cc(C(C)(C)NC(=O)OC(C)(C)C)cc(-c3ccc(F)c(Cl)c3)n2)ccc1OCC(C)O.COc1cc(C(=O)CCC(C)(O)c2cc(C(C)(C)NC(=O)OC(C)(C)C)cc(-c3ccc(F)c(Cl)c3)n2)ccc1OCC(C)OC(=O)OC(C)C. The number of benzene rings is 4. The summed E-state index contributed by atoms with van der Waals surface area (Å²) in [6.07, 6.45) is -3.80. The number of carbonyl (C=O) groups is 5. The van der Waals surface area contributed by atoms with Gasteiger partial charge in [-0.15, -0.1) is 0 Å². The van der Waals surface area contributed by atoms with Crippen molar-refractivity contribution in [3.8, 4) is 45.5 Å². The number of pyridine rings is 2. The largest absolute Gasteiger partial charge is 0.508 e. The van der Waals surface area contributed by atoms with Crippen LogP contribution >= 0.6 is 23.2 Å². The molecule has 20 nitrogen and oxygen atoms in total. The van der Waals surface area contributed by atoms with Crippen molar-refractivity contribution >= 4 is 53.1 Å². The number of nitrogens with one attached hydrogen (secondary N) is 2. The minimum absolute atomic E-state index is 0.00835. The highest BCUT2D eigenvalue weighted by atomic mass is 35.5. The first-order valence-electron chi connectivity index (χ1n) is 31.1. The van der Waals surface area contributed by atoms with E-state index in [0.717, 1.165) is 0 Å². The van der Waals surface area contributed by atoms with Gasteiger partial charge in [0.15, 0.2) is 34.6 Å². The molecule has 0 bridgehead atoms. The summed E-state index contributed by atoms with van der Waals surface area (Å²) in [5.74, 6) is -0.353. The van der Waals surface area contributed by atoms with Crippen LogP contribution in [0.15, 0.2) is 97.1 Å². The van der Waals surface area contributed by atoms with Gasteiger partial charge in [-0.1, -0.05) is 23.2 Å². The van der Waals surface area contributed by atoms with Crippen LogP contribution in [0.3, 0.4) is 0 Å². The van der Waals surface area contributed by atoms with Crippen molar-refractivity contribution in [2.24, 2.45) is 0 Å². The van der Waals surface area contributed by atoms with Crippen molar-refractivity contribution in [1.29, 1.82) is 0 Å². The summed E-state index contributed by atoms with van der Waals surface area (Å²) in [6, 6.07) is 24.5. The van der Waals surface area contributed by atoms with Crippen molar-refractivity contribution in [3.05, 3.63) is 152 Å². The summed E-state index contributed by atoms with van der Waals surface area (Å²) >= 11 is 12.2. The Morgan fingerprint density at radius 1 is 0.521 bits per heavy atom. The van der Waals surface area contributed by atoms with E-state index in [9.17, 15) is 48.1 Å². The molecule has 96 heavy (non-hydrogen) atoms. The molecule has 0 radical (unpaired) electrons. The lowest BCUT2D eigenvalue weighted by molar-refractivity contribution is -0.000712. The monoisotopic (exact) mass is 1370 g/mol. The van der Waals surface area contributed by atoms with Crippen LogP contribution in [0.2, 0.25) is 10.0 Å². The molecule has 2 amide bonds. The number of aliphatic hydroxyl groups is 3. The highest BCUT2D eigenvalue weighted by Crippen LogP contribution is 2.38. The van der Waals surface area contributed by atoms with Crippen LogP contribution in [0.5, 0.6) is 23.0 Å². The maximum absolute atomic E-state index is 14.0. The summed E-state index contributed by atoms with van der Waals surface area (Å²) < 4.78 is 71.2. The molecule has 6 aromatic rings. The Balaban J connectivity index is 0.000000350. The van der Waals surface area contributed by atoms with Gasteiger partial charge in [-0.25, -0.2) is 33.1 Å². The van der Waals surface area contributed by atoms with Gasteiger partial charge >= 0.3 is 18.3 Å². The molecule has 0 saturated carbocycles. The Bertz CT molecular complexity index is 3730. The number of rotatable bonds is 26. The second kappa shape index (κ2) is 32.7. The van der Waals surface area contributed by atoms with E-state index in [-0.39, 0.29) is 78.0 Å². The Kier molecular flexibility index (Phi) is 26.8. The van der Waals surface area contributed by atoms with E-state index in [0.29, 0.717) is 67.8 Å². The lowest BCUT2D eigenvalue weighted by Gasteiger charge is -2.31. The van der Waals surface area contributed by atoms with Gasteiger partial charge in [-0.2, -0.15) is 0 Å². The van der Waals surface area contributed by atoms with Crippen LogP contribution in [0.25, 0.3) is 22.5 Å². The molecule has 0 aliphatic rings. The second-order valence-corrected chi connectivity index (χ2v) is 27.8. The predicted octanol–water partition coefficient (Wildman–Crippen LogP) is 15.4. The van der Waals surface area contributed by atoms with Crippen LogP contribution < -0.4 is 29.6 Å². The van der Waals surface area contributed by atoms with Crippen LogP contribution in [-0.4, -0.2) is 112 Å². The molecule has 4 aromatic carbocycles. The van der Waals surface area contributed by atoms with E-state index < -0.39 is 75.7 Å². The molecule has 24 heteroatoms. The molecule has 0 spiro atoms. The maximum atomic E-state index is 14.0. The van der Waals surface area contributed by atoms with Gasteiger partial charge in [-0.05, 0) is 232 Å². The van der Waals surface area contributed by atoms with Gasteiger partial charge in [0.05, 0.1) is 70.3 Å². The van der Waals surface area contributed by atoms with E-state index in [1.54, 1.807) is 165 Å². The highest BCUT2D eigenvalue weighted by Gasteiger charge is 2.35. The second-order valence-electron chi connectivity index (χ2n) is 27.0. The lowest BCUT2D eigenvalue weighted by atomic mass is 9.87. The Morgan fingerprint density at radius 2 is 0.906 bits per heavy atom. The molecular weight excluding hydrogens is 1290 g/mol. The van der Waals surface area contributed by atoms with Crippen molar-refractivity contribution in [1.82, 2.24) is 20.6 Å². The molecule has 4 atom stereocenters. The van der Waals surface area contributed by atoms with Crippen LogP contribution in [0, 0.1) is 11.6 Å². The van der Waals surface area contributed by atoms with Crippen molar-refractivity contribution in [3.63, 3.8) is 0 Å². The Morgan fingerprint density at radius 3 is 1.25 bits per heavy atom. The molecule has 2 heterocycles. The number of aromatic nitrogens is 2. The number of nitrogens with zero attached hydrogens (tertiary/aromatic N) is 2. The predicted molar refractivity (Wildman–Crippen MR) is 361 cm³/mol. The van der Waals surface area contributed by atoms with Gasteiger partial charge in [-0.3, -0.25) is 9.59 Å². The van der Waals surface area contributed by atoms with Gasteiger partial charge in [0.1, 0.15) is 53.4 Å². The number of ketones is 2. The number of aliphatic hydroxyl groups excluding tert-OH is 1. The van der Waals surface area contributed by atoms with E-state index in [2.05, 4.69) is 15.6 Å². The average Bonchev–Trinajstić information content (AvgIpc) is 0.787. The van der Waals surface area contributed by atoms with E-state index in [1.807, 2.05) is 0 Å². The molecular formula is C72H90Cl2F2N4O16. The van der Waals surface area contributed by atoms with Gasteiger partial charge < -0.3 is 63.8 Å². The third-order valence-corrected chi connectivity index (χ3v) is 15.1. The van der Waals surface area contributed by atoms with E-state index >= 15 is 0 Å². The topological polar surface area (TPSA) is 270 Å². The first-order chi connectivity index (χ1) is 44.4. The number of amides is 2. The van der Waals surface area contributed by atoms with Crippen LogP contribution in [0.4, 0.5) is 23.2 Å². The fourth-order valence-electron chi connectivity index (χ4n) is 9.22. The van der Waals surface area contributed by atoms with Crippen LogP contribution in [0.1, 0.15) is 180 Å². The molecule has 0 aliphatic heterocycles. The molecule has 4 unspecified atom stereocenters. The summed E-state index contributed by atoms with van der Waals surface area (Å²) in [5, 5.41) is 38.5. The third-order valence-electron chi connectivity index (χ3n) is 14.5. The number of ether oxygens (including phenoxy) is 8. The first kappa shape index (κ1) is 78.5. The normalized spacial score (nSPS) is 13.7. The minimum Gasteiger partial charge on any atom is -0.493 e. The van der Waals surface area contributed by atoms with Crippen molar-refractivity contribution < 1.29 is 86.0 Å². The molecule has 2 aromatic heterocycles. The number of methoxy groups -OCH3 is 2. The zero-order chi connectivity index (χ0) is 72.1. The molecule has 0 saturated heterocycles. The smallest absolute Gasteiger partial charge is 0.493 e. The zero-order valence-corrected chi connectivity index (χ0v) is 59.3. The summed E-state index contributed by atoms with van der Waals surface area (Å²) in [6.45, 7) is 27.5. The standard InChI is InChI=1S/C38H48ClFN2O9.C34H42ClFN2O7/c1-22(2)49-35(45)50-23(3)21-48-31-14-12-25(18-32(31)47-10)30(43)15-16-38(9,46)33-20-26(37(7,8)42-34(44)51-36(4,5)6)19-29(41-33)24-11-13-28(40)27(39)17-24;1-20(39)19-44-28-12-10-22(16-29(28)43-8)27(40)13-14-34(7,42)30-18-23(33(5,6)38-31(41)45-32(2,3)4)17-26(37-30)21-9-11-25(36)24(35)15-21/h11-14,17-20,22-23,46H,15-16,21H2,1-10H3,(H,42,44);9-12,15-18,20,39,42H,13-14,19H2,1-8H3,(H,38,41). The molecule has 5 N–H and O–H groups in total. The molecule has 6 rings (SSSR count). The van der Waals surface area contributed by atoms with Gasteiger partial charge in [0.25, 0.3) is 0 Å². The number of Topliss-reactive ketones (excluding diaryl/α,β-unsaturated/α-hetero) is 2. The van der Waals surface area contributed by atoms with Gasteiger partial charge in [0, 0.05) is 35.1 Å². The van der Waals surface area contributed by atoms with Crippen molar-refractivity contribution in [2.75, 3.05) is 27.4 Å². The Labute approximate surface area is 570 Å². The number of hydrogen-bond acceptors (Lipinski definition) is 18. The average molecular weight is 1380 g/mol. The Hall–Kier alpha value is -8.15. The quantitative estimate of drug-likeness (QED) is 0.0192. The zero-order valence-electron chi connectivity index (χ0n) is 57.8. The fourth-order valence-corrected chi connectivity index (χ4v) is 9.58. The molecule has 0 fully saturated rings. The van der Waals surface area contributed by atoms with Gasteiger partial charge in [0.2, 0.25) is 0 Å². The van der Waals surface area contributed by atoms with Crippen LogP contribution in [-0.2, 0) is 41.2 Å². The highest BCUT2D eigenvalue weighted by molar-refractivity contribution is 6.31. The lowest BCUT2D eigenvalue weighted by Crippen LogP contribution is -2.44. The molecule has 522 valence electrons. The summed E-state index contributed by atoms with van der Waals surface area (Å²) in [5.41, 5.74) is -2.63.